The number of rotatable bonds is 4. The van der Waals surface area contributed by atoms with Crippen LogP contribution in [-0.4, -0.2) is 17.8 Å². The minimum absolute atomic E-state index is 0.200. The molecule has 3 N–H and O–H groups in total. The molecular formula is C10H10F2N2O3. The summed E-state index contributed by atoms with van der Waals surface area (Å²) in [5.74, 6) is 2.20. The van der Waals surface area contributed by atoms with E-state index in [-0.39, 0.29) is 17.1 Å². The molecule has 0 saturated heterocycles. The highest BCUT2D eigenvalue weighted by molar-refractivity contribution is 5.94. The van der Waals surface area contributed by atoms with Crippen LogP contribution in [0.15, 0.2) is 24.3 Å². The van der Waals surface area contributed by atoms with Gasteiger partial charge in [-0.1, -0.05) is 12.1 Å². The van der Waals surface area contributed by atoms with Crippen molar-refractivity contribution in [3.63, 3.8) is 0 Å². The average Bonchev–Trinajstić information content (AvgIpc) is 2.27. The molecule has 0 heterocycles. The summed E-state index contributed by atoms with van der Waals surface area (Å²) in [6.45, 7) is 1.28. The number of Topliss-reactive ketones (excluding diaryl/α,β-unsaturated/α-hetero) is 1. The predicted molar refractivity (Wildman–Crippen MR) is 54.4 cm³/mol. The van der Waals surface area contributed by atoms with Gasteiger partial charge < -0.3 is 4.74 Å². The molecule has 17 heavy (non-hydrogen) atoms. The summed E-state index contributed by atoms with van der Waals surface area (Å²) in [6.07, 6.45) is -4.09. The number of hydrogen-bond donors (Lipinski definition) is 2. The summed E-state index contributed by atoms with van der Waals surface area (Å²) >= 11 is 0. The second-order valence-electron chi connectivity index (χ2n) is 3.18. The fourth-order valence-corrected chi connectivity index (χ4v) is 1.06. The van der Waals surface area contributed by atoms with Gasteiger partial charge in [0, 0.05) is 5.56 Å². The third-order valence-electron chi connectivity index (χ3n) is 1.88. The molecule has 1 aromatic carbocycles. The lowest BCUT2D eigenvalue weighted by Crippen LogP contribution is -2.47. The van der Waals surface area contributed by atoms with E-state index >= 15 is 0 Å². The van der Waals surface area contributed by atoms with Crippen molar-refractivity contribution in [1.82, 2.24) is 5.43 Å². The van der Waals surface area contributed by atoms with Crippen molar-refractivity contribution in [2.45, 2.75) is 13.0 Å². The van der Waals surface area contributed by atoms with Crippen molar-refractivity contribution >= 4 is 11.7 Å². The summed E-state index contributed by atoms with van der Waals surface area (Å²) < 4.78 is 30.2. The lowest BCUT2D eigenvalue weighted by atomic mass is 10.1. The minimum atomic E-state index is -4.09. The molecule has 0 spiro atoms. The van der Waals surface area contributed by atoms with E-state index in [4.69, 9.17) is 0 Å². The molecule has 0 unspecified atom stereocenters. The highest BCUT2D eigenvalue weighted by Gasteiger charge is 2.41. The summed E-state index contributed by atoms with van der Waals surface area (Å²) in [7, 11) is 0. The van der Waals surface area contributed by atoms with Crippen LogP contribution in [0.3, 0.4) is 0 Å². The number of hydrazine groups is 1. The Kier molecular flexibility index (Phi) is 3.74. The van der Waals surface area contributed by atoms with Crippen LogP contribution in [0.5, 0.6) is 5.75 Å². The smallest absolute Gasteiger partial charge is 0.425 e. The number of amides is 1. The average molecular weight is 244 g/mol. The highest BCUT2D eigenvalue weighted by atomic mass is 19.3. The molecular weight excluding hydrogens is 234 g/mol. The van der Waals surface area contributed by atoms with Crippen LogP contribution in [0, 0.1) is 0 Å². The number of alkyl halides is 2. The molecule has 0 radical (unpaired) electrons. The topological polar surface area (TPSA) is 81.4 Å². The molecule has 92 valence electrons. The Morgan fingerprint density at radius 3 is 2.59 bits per heavy atom. The minimum Gasteiger partial charge on any atom is -0.425 e. The van der Waals surface area contributed by atoms with E-state index in [2.05, 4.69) is 10.6 Å². The maximum atomic E-state index is 13.0. The fourth-order valence-electron chi connectivity index (χ4n) is 1.06. The van der Waals surface area contributed by atoms with Gasteiger partial charge in [-0.2, -0.15) is 8.78 Å². The molecule has 0 bridgehead atoms. The zero-order valence-electron chi connectivity index (χ0n) is 8.87. The summed E-state index contributed by atoms with van der Waals surface area (Å²) in [5, 5.41) is 0. The van der Waals surface area contributed by atoms with E-state index in [1.54, 1.807) is 0 Å². The molecule has 0 aliphatic carbocycles. The molecule has 7 heteroatoms. The van der Waals surface area contributed by atoms with E-state index < -0.39 is 12.0 Å². The van der Waals surface area contributed by atoms with Crippen molar-refractivity contribution < 1.29 is 23.1 Å². The normalized spacial score (nSPS) is 10.8. The van der Waals surface area contributed by atoms with Crippen molar-refractivity contribution in [2.24, 2.45) is 5.84 Å². The van der Waals surface area contributed by atoms with Crippen molar-refractivity contribution in [3.8, 4) is 5.75 Å². The van der Waals surface area contributed by atoms with Gasteiger partial charge in [-0.25, -0.2) is 5.84 Å². The Morgan fingerprint density at radius 1 is 1.41 bits per heavy atom. The number of ether oxygens (including phenoxy) is 1. The number of halogens is 2. The van der Waals surface area contributed by atoms with E-state index in [0.717, 1.165) is 6.07 Å². The Morgan fingerprint density at radius 2 is 2.06 bits per heavy atom. The van der Waals surface area contributed by atoms with Crippen LogP contribution >= 0.6 is 0 Å². The molecule has 0 fully saturated rings. The second kappa shape index (κ2) is 4.88. The third-order valence-corrected chi connectivity index (χ3v) is 1.88. The van der Waals surface area contributed by atoms with Crippen LogP contribution < -0.4 is 16.0 Å². The summed E-state index contributed by atoms with van der Waals surface area (Å²) in [6, 6.07) is 5.11. The number of carbonyl (C=O) groups is 2. The molecule has 0 aromatic heterocycles. The first kappa shape index (κ1) is 13.0. The molecule has 0 saturated carbocycles. The monoisotopic (exact) mass is 244 g/mol. The summed E-state index contributed by atoms with van der Waals surface area (Å²) in [4.78, 5) is 21.7. The Bertz CT molecular complexity index is 449. The SMILES string of the molecule is CC(=O)c1cccc(OC(F)(F)C(=O)NN)c1. The van der Waals surface area contributed by atoms with Gasteiger partial charge >= 0.3 is 12.0 Å². The van der Waals surface area contributed by atoms with Gasteiger partial charge in [0.1, 0.15) is 5.75 Å². The van der Waals surface area contributed by atoms with Crippen LogP contribution in [0.2, 0.25) is 0 Å². The van der Waals surface area contributed by atoms with Gasteiger partial charge in [0.2, 0.25) is 0 Å². The molecule has 1 amide bonds. The standard InChI is InChI=1S/C10H10F2N2O3/c1-6(15)7-3-2-4-8(5-7)17-10(11,12)9(16)14-13/h2-5H,13H2,1H3,(H,14,16). The number of carbonyl (C=O) groups excluding carboxylic acids is 2. The van der Waals surface area contributed by atoms with E-state index in [1.165, 1.54) is 30.5 Å². The predicted octanol–water partition coefficient (Wildman–Crippen LogP) is 0.851. The van der Waals surface area contributed by atoms with Crippen molar-refractivity contribution in [1.29, 1.82) is 0 Å². The van der Waals surface area contributed by atoms with Crippen molar-refractivity contribution in [2.75, 3.05) is 0 Å². The van der Waals surface area contributed by atoms with Gasteiger partial charge in [0.05, 0.1) is 0 Å². The summed E-state index contributed by atoms with van der Waals surface area (Å²) in [5.41, 5.74) is 1.48. The van der Waals surface area contributed by atoms with E-state index in [9.17, 15) is 18.4 Å². The molecule has 0 atom stereocenters. The van der Waals surface area contributed by atoms with Crippen molar-refractivity contribution in [3.05, 3.63) is 29.8 Å². The quantitative estimate of drug-likeness (QED) is 0.356. The van der Waals surface area contributed by atoms with Gasteiger partial charge in [0.25, 0.3) is 0 Å². The van der Waals surface area contributed by atoms with Crippen LogP contribution in [0.4, 0.5) is 8.78 Å². The van der Waals surface area contributed by atoms with Gasteiger partial charge in [-0.05, 0) is 19.1 Å². The Hall–Kier alpha value is -2.02. The first-order chi connectivity index (χ1) is 7.86. The van der Waals surface area contributed by atoms with Gasteiger partial charge in [-0.15, -0.1) is 0 Å². The number of nitrogens with two attached hydrogens (primary N) is 1. The maximum absolute atomic E-state index is 13.0. The third kappa shape index (κ3) is 3.22. The highest BCUT2D eigenvalue weighted by Crippen LogP contribution is 2.22. The molecule has 1 rings (SSSR count). The first-order valence-electron chi connectivity index (χ1n) is 4.55. The number of nitrogens with one attached hydrogen (secondary N) is 1. The second-order valence-corrected chi connectivity index (χ2v) is 3.18. The number of ketones is 1. The van der Waals surface area contributed by atoms with Gasteiger partial charge in [-0.3, -0.25) is 15.0 Å². The van der Waals surface area contributed by atoms with E-state index in [1.807, 2.05) is 0 Å². The molecule has 0 aliphatic rings. The van der Waals surface area contributed by atoms with Gasteiger partial charge in [0.15, 0.2) is 5.78 Å². The number of hydrogen-bond acceptors (Lipinski definition) is 4. The molecule has 0 aliphatic heterocycles. The van der Waals surface area contributed by atoms with Crippen LogP contribution in [-0.2, 0) is 4.79 Å². The maximum Gasteiger partial charge on any atom is 0.483 e. The Balaban J connectivity index is 2.92. The molecule has 5 nitrogen and oxygen atoms in total. The zero-order valence-corrected chi connectivity index (χ0v) is 8.87. The van der Waals surface area contributed by atoms with Crippen LogP contribution in [0.1, 0.15) is 17.3 Å². The lowest BCUT2D eigenvalue weighted by molar-refractivity contribution is -0.192. The van der Waals surface area contributed by atoms with Crippen LogP contribution in [0.25, 0.3) is 0 Å². The Labute approximate surface area is 95.5 Å². The lowest BCUT2D eigenvalue weighted by Gasteiger charge is -2.15. The number of benzene rings is 1. The largest absolute Gasteiger partial charge is 0.483 e. The zero-order chi connectivity index (χ0) is 13.1. The van der Waals surface area contributed by atoms with E-state index in [0.29, 0.717) is 0 Å². The molecule has 1 aromatic rings. The fraction of sp³-hybridized carbons (Fsp3) is 0.200. The first-order valence-corrected chi connectivity index (χ1v) is 4.55.